The summed E-state index contributed by atoms with van der Waals surface area (Å²) in [6, 6.07) is 5.24. The Morgan fingerprint density at radius 2 is 2.15 bits per heavy atom. The summed E-state index contributed by atoms with van der Waals surface area (Å²) in [6.07, 6.45) is 4.50. The molecule has 3 aromatic heterocycles. The van der Waals surface area contributed by atoms with E-state index >= 15 is 0 Å². The summed E-state index contributed by atoms with van der Waals surface area (Å²) in [6.45, 7) is 4.03. The molecule has 3 atom stereocenters. The molecule has 0 spiro atoms. The summed E-state index contributed by atoms with van der Waals surface area (Å²) in [4.78, 5) is 33.8. The lowest BCUT2D eigenvalue weighted by molar-refractivity contribution is 0.0772. The van der Waals surface area contributed by atoms with Crippen LogP contribution in [0.4, 0.5) is 0 Å². The first-order valence-corrected chi connectivity index (χ1v) is 8.97. The molecule has 8 nitrogen and oxygen atoms in total. The number of pyridine rings is 1. The van der Waals surface area contributed by atoms with Gasteiger partial charge in [-0.15, -0.1) is 0 Å². The van der Waals surface area contributed by atoms with E-state index in [1.54, 1.807) is 18.1 Å². The second-order valence-electron chi connectivity index (χ2n) is 7.24. The highest BCUT2D eigenvalue weighted by molar-refractivity contribution is 5.97. The summed E-state index contributed by atoms with van der Waals surface area (Å²) in [5.74, 6) is -0.316. The summed E-state index contributed by atoms with van der Waals surface area (Å²) in [7, 11) is 1.77. The largest absolute Gasteiger partial charge is 0.364 e. The molecule has 0 aromatic carbocycles. The van der Waals surface area contributed by atoms with E-state index in [4.69, 9.17) is 5.73 Å². The minimum atomic E-state index is -0.616. The second kappa shape index (κ2) is 6.22. The predicted octanol–water partition coefficient (Wildman–Crippen LogP) is 1.95. The van der Waals surface area contributed by atoms with Crippen molar-refractivity contribution in [2.24, 2.45) is 11.7 Å². The fourth-order valence-corrected chi connectivity index (χ4v) is 3.63. The van der Waals surface area contributed by atoms with Crippen LogP contribution in [0.15, 0.2) is 30.6 Å². The predicted molar refractivity (Wildman–Crippen MR) is 100 cm³/mol. The number of carbonyl (C=O) groups is 2. The first kappa shape index (κ1) is 17.3. The lowest BCUT2D eigenvalue weighted by atomic mass is 10.1. The molecule has 3 N–H and O–H groups in total. The molecule has 27 heavy (non-hydrogen) atoms. The number of H-pyrrole nitrogens is 1. The molecule has 0 bridgehead atoms. The third-order valence-corrected chi connectivity index (χ3v) is 5.40. The topological polar surface area (TPSA) is 110 Å². The van der Waals surface area contributed by atoms with Crippen molar-refractivity contribution in [3.8, 4) is 0 Å². The number of carbonyl (C=O) groups excluding carboxylic acids is 2. The van der Waals surface area contributed by atoms with Gasteiger partial charge in [-0.25, -0.2) is 4.98 Å². The Morgan fingerprint density at radius 1 is 1.41 bits per heavy atom. The van der Waals surface area contributed by atoms with E-state index in [9.17, 15) is 9.59 Å². The monoisotopic (exact) mass is 366 g/mol. The van der Waals surface area contributed by atoms with Gasteiger partial charge in [0.1, 0.15) is 11.3 Å². The van der Waals surface area contributed by atoms with Crippen molar-refractivity contribution in [2.45, 2.75) is 32.4 Å². The average molecular weight is 366 g/mol. The Bertz CT molecular complexity index is 1040. The van der Waals surface area contributed by atoms with Crippen LogP contribution in [0.25, 0.3) is 11.0 Å². The van der Waals surface area contributed by atoms with Gasteiger partial charge in [-0.2, -0.15) is 5.10 Å². The normalized spacial score (nSPS) is 19.8. The van der Waals surface area contributed by atoms with Crippen molar-refractivity contribution in [3.63, 3.8) is 0 Å². The van der Waals surface area contributed by atoms with Crippen LogP contribution in [0.1, 0.15) is 52.9 Å². The number of aromatic nitrogens is 4. The van der Waals surface area contributed by atoms with Gasteiger partial charge >= 0.3 is 0 Å². The lowest BCUT2D eigenvalue weighted by Gasteiger charge is -2.17. The highest BCUT2D eigenvalue weighted by Crippen LogP contribution is 2.35. The van der Waals surface area contributed by atoms with Crippen LogP contribution in [0.3, 0.4) is 0 Å². The molecule has 1 saturated carbocycles. The fourth-order valence-electron chi connectivity index (χ4n) is 3.63. The molecule has 3 heterocycles. The summed E-state index contributed by atoms with van der Waals surface area (Å²) in [5.41, 5.74) is 7.70. The Kier molecular flexibility index (Phi) is 3.98. The summed E-state index contributed by atoms with van der Waals surface area (Å²) < 4.78 is 1.53. The van der Waals surface area contributed by atoms with Gasteiger partial charge in [-0.05, 0) is 37.0 Å². The molecule has 1 aliphatic carbocycles. The van der Waals surface area contributed by atoms with Crippen molar-refractivity contribution < 1.29 is 9.59 Å². The van der Waals surface area contributed by atoms with Crippen LogP contribution in [0.2, 0.25) is 0 Å². The molecule has 140 valence electrons. The smallest absolute Gasteiger partial charge is 0.274 e. The van der Waals surface area contributed by atoms with E-state index in [0.29, 0.717) is 5.92 Å². The van der Waals surface area contributed by atoms with Crippen molar-refractivity contribution >= 4 is 22.8 Å². The Hall–Kier alpha value is -3.16. The highest BCUT2D eigenvalue weighted by Gasteiger charge is 2.39. The van der Waals surface area contributed by atoms with E-state index in [0.717, 1.165) is 23.0 Å². The molecule has 8 heteroatoms. The zero-order valence-electron chi connectivity index (χ0n) is 15.5. The molecular formula is C19H22N6O2. The molecule has 4 rings (SSSR count). The lowest BCUT2D eigenvalue weighted by Crippen LogP contribution is -2.30. The quantitative estimate of drug-likeness (QED) is 0.719. The van der Waals surface area contributed by atoms with Gasteiger partial charge < -0.3 is 15.6 Å². The Morgan fingerprint density at radius 3 is 2.81 bits per heavy atom. The number of rotatable bonds is 5. The number of hydrogen-bond donors (Lipinski definition) is 2. The van der Waals surface area contributed by atoms with Crippen molar-refractivity contribution in [3.05, 3.63) is 47.5 Å². The molecule has 0 saturated heterocycles. The first-order chi connectivity index (χ1) is 12.9. The number of nitrogens with zero attached hydrogens (tertiary/aromatic N) is 4. The molecule has 1 fully saturated rings. The van der Waals surface area contributed by atoms with Crippen LogP contribution in [0, 0.1) is 5.92 Å². The zero-order chi connectivity index (χ0) is 19.3. The van der Waals surface area contributed by atoms with E-state index in [2.05, 4.69) is 22.0 Å². The van der Waals surface area contributed by atoms with Gasteiger partial charge in [0.15, 0.2) is 5.69 Å². The van der Waals surface area contributed by atoms with Gasteiger partial charge in [0.25, 0.3) is 11.8 Å². The average Bonchev–Trinajstić information content (AvgIpc) is 3.06. The molecule has 1 aliphatic rings. The second-order valence-corrected chi connectivity index (χ2v) is 7.24. The van der Waals surface area contributed by atoms with Gasteiger partial charge in [0.2, 0.25) is 0 Å². The van der Waals surface area contributed by atoms with E-state index in [-0.39, 0.29) is 29.4 Å². The van der Waals surface area contributed by atoms with E-state index in [1.807, 2.05) is 25.3 Å². The first-order valence-electron chi connectivity index (χ1n) is 8.97. The van der Waals surface area contributed by atoms with E-state index < -0.39 is 5.91 Å². The van der Waals surface area contributed by atoms with Gasteiger partial charge in [0, 0.05) is 36.9 Å². The molecule has 3 aromatic rings. The molecule has 0 radical (unpaired) electrons. The third kappa shape index (κ3) is 2.87. The van der Waals surface area contributed by atoms with Crippen LogP contribution >= 0.6 is 0 Å². The number of nitrogens with two attached hydrogens (primary N) is 1. The molecular weight excluding hydrogens is 344 g/mol. The maximum Gasteiger partial charge on any atom is 0.274 e. The van der Waals surface area contributed by atoms with Crippen molar-refractivity contribution in [1.29, 1.82) is 0 Å². The third-order valence-electron chi connectivity index (χ3n) is 5.40. The number of fused-ring (bicyclic) bond motifs is 1. The van der Waals surface area contributed by atoms with Gasteiger partial charge in [0.05, 0.1) is 6.04 Å². The molecule has 0 aliphatic heterocycles. The highest BCUT2D eigenvalue weighted by atomic mass is 16.2. The van der Waals surface area contributed by atoms with Gasteiger partial charge in [-0.3, -0.25) is 14.3 Å². The van der Waals surface area contributed by atoms with Crippen LogP contribution in [-0.2, 0) is 0 Å². The maximum atomic E-state index is 12.8. The fraction of sp³-hybridized carbons (Fsp3) is 0.368. The SMILES string of the molecule is CC(c1ccnc2[nH]ccc12)n1nc(C(=O)N(C)[C@H]2C[C@@H]2C)cc1C(N)=O. The van der Waals surface area contributed by atoms with Crippen molar-refractivity contribution in [2.75, 3.05) is 7.05 Å². The Balaban J connectivity index is 1.73. The molecule has 2 amide bonds. The number of hydrogen-bond acceptors (Lipinski definition) is 4. The van der Waals surface area contributed by atoms with Crippen LogP contribution in [-0.4, -0.2) is 49.6 Å². The molecule has 1 unspecified atom stereocenters. The number of primary amides is 1. The van der Waals surface area contributed by atoms with Gasteiger partial charge in [-0.1, -0.05) is 6.92 Å². The number of amides is 2. The minimum Gasteiger partial charge on any atom is -0.364 e. The summed E-state index contributed by atoms with van der Waals surface area (Å²) in [5, 5.41) is 5.39. The Labute approximate surface area is 156 Å². The number of nitrogens with one attached hydrogen (secondary N) is 1. The van der Waals surface area contributed by atoms with Crippen LogP contribution < -0.4 is 5.73 Å². The standard InChI is InChI=1S/C19H22N6O2/c1-10-8-15(10)24(3)19(27)14-9-16(17(20)26)25(23-14)11(2)12-4-6-21-18-13(12)5-7-22-18/h4-7,9-11,15H,8H2,1-3H3,(H2,20,26)(H,21,22)/t10-,11?,15-/m0/s1. The van der Waals surface area contributed by atoms with E-state index in [1.165, 1.54) is 10.7 Å². The maximum absolute atomic E-state index is 12.8. The summed E-state index contributed by atoms with van der Waals surface area (Å²) >= 11 is 0. The number of aromatic amines is 1. The minimum absolute atomic E-state index is 0.195. The van der Waals surface area contributed by atoms with Crippen LogP contribution in [0.5, 0.6) is 0 Å². The zero-order valence-corrected chi connectivity index (χ0v) is 15.5. The van der Waals surface area contributed by atoms with Crippen molar-refractivity contribution in [1.82, 2.24) is 24.6 Å².